The monoisotopic (exact) mass is 451 g/mol. The van der Waals surface area contributed by atoms with Gasteiger partial charge in [0.1, 0.15) is 16.7 Å². The fourth-order valence-electron chi connectivity index (χ4n) is 3.92. The van der Waals surface area contributed by atoms with Gasteiger partial charge in [0.25, 0.3) is 5.56 Å². The lowest BCUT2D eigenvalue weighted by atomic mass is 10.2. The van der Waals surface area contributed by atoms with E-state index in [1.165, 1.54) is 0 Å². The first-order chi connectivity index (χ1) is 14.8. The van der Waals surface area contributed by atoms with Gasteiger partial charge in [0.2, 0.25) is 0 Å². The summed E-state index contributed by atoms with van der Waals surface area (Å²) >= 11 is 12.6. The molecule has 5 aromatic rings. The highest BCUT2D eigenvalue weighted by Gasteiger charge is 2.22. The first-order valence-corrected chi connectivity index (χ1v) is 10.7. The molecule has 2 aromatic carbocycles. The van der Waals surface area contributed by atoms with Gasteiger partial charge in [0, 0.05) is 16.6 Å². The Hall–Kier alpha value is -2.96. The average Bonchev–Trinajstić information content (AvgIpc) is 3.01. The number of rotatable bonds is 3. The Morgan fingerprint density at radius 2 is 1.58 bits per heavy atom. The summed E-state index contributed by atoms with van der Waals surface area (Å²) in [5.41, 5.74) is 3.54. The molecule has 0 N–H and O–H groups in total. The molecular weight excluding hydrogens is 433 g/mol. The summed E-state index contributed by atoms with van der Waals surface area (Å²) in [5.74, 6) is 0.926. The van der Waals surface area contributed by atoms with Crippen molar-refractivity contribution < 1.29 is 0 Å². The summed E-state index contributed by atoms with van der Waals surface area (Å²) in [4.78, 5) is 28.1. The lowest BCUT2D eigenvalue weighted by Gasteiger charge is -2.13. The molecule has 0 fully saturated rings. The largest absolute Gasteiger partial charge is 0.296 e. The predicted octanol–water partition coefficient (Wildman–Crippen LogP) is 5.55. The highest BCUT2D eigenvalue weighted by atomic mass is 35.5. The van der Waals surface area contributed by atoms with Crippen LogP contribution >= 0.6 is 23.2 Å². The maximum atomic E-state index is 13.6. The van der Waals surface area contributed by atoms with Crippen LogP contribution in [0.15, 0.2) is 47.3 Å². The Bertz CT molecular complexity index is 1530. The van der Waals surface area contributed by atoms with Gasteiger partial charge >= 0.3 is 0 Å². The number of hydrogen-bond donors (Lipinski definition) is 0. The summed E-state index contributed by atoms with van der Waals surface area (Å²) in [6.45, 7) is 6.55. The van der Waals surface area contributed by atoms with Crippen molar-refractivity contribution in [2.45, 2.75) is 27.3 Å². The Morgan fingerprint density at radius 1 is 0.935 bits per heavy atom. The third kappa shape index (κ3) is 3.27. The van der Waals surface area contributed by atoms with Gasteiger partial charge in [-0.15, -0.1) is 0 Å². The number of fused-ring (bicyclic) bond motifs is 4. The van der Waals surface area contributed by atoms with Gasteiger partial charge in [-0.3, -0.25) is 13.9 Å². The third-order valence-electron chi connectivity index (χ3n) is 5.21. The Balaban J connectivity index is 2.01. The van der Waals surface area contributed by atoms with Gasteiger partial charge in [-0.1, -0.05) is 49.2 Å². The van der Waals surface area contributed by atoms with Crippen LogP contribution in [0.1, 0.15) is 19.7 Å². The van der Waals surface area contributed by atoms with Crippen molar-refractivity contribution in [3.8, 4) is 5.69 Å². The maximum Gasteiger partial charge on any atom is 0.265 e. The SMILES string of the molecule is Cc1nc2c(c(=O)n1CC(C)C)c1nc3ccccc3nc1n2-c1cc(Cl)cc(Cl)c1. The Kier molecular flexibility index (Phi) is 4.72. The molecule has 5 rings (SSSR count). The lowest BCUT2D eigenvalue weighted by Crippen LogP contribution is -2.26. The number of benzene rings is 2. The van der Waals surface area contributed by atoms with Crippen LogP contribution in [0.25, 0.3) is 38.9 Å². The van der Waals surface area contributed by atoms with E-state index in [0.29, 0.717) is 61.7 Å². The third-order valence-corrected chi connectivity index (χ3v) is 5.64. The zero-order valence-corrected chi connectivity index (χ0v) is 18.7. The minimum Gasteiger partial charge on any atom is -0.296 e. The van der Waals surface area contributed by atoms with Crippen molar-refractivity contribution in [1.82, 2.24) is 24.1 Å². The molecule has 3 aromatic heterocycles. The van der Waals surface area contributed by atoms with Gasteiger partial charge in [-0.05, 0) is 43.2 Å². The molecule has 0 unspecified atom stereocenters. The Morgan fingerprint density at radius 3 is 2.23 bits per heavy atom. The van der Waals surface area contributed by atoms with Crippen LogP contribution in [0.2, 0.25) is 10.0 Å². The van der Waals surface area contributed by atoms with E-state index >= 15 is 0 Å². The van der Waals surface area contributed by atoms with Crippen molar-refractivity contribution in [2.24, 2.45) is 5.92 Å². The van der Waals surface area contributed by atoms with E-state index in [1.54, 1.807) is 22.8 Å². The molecule has 31 heavy (non-hydrogen) atoms. The predicted molar refractivity (Wildman–Crippen MR) is 126 cm³/mol. The van der Waals surface area contributed by atoms with Gasteiger partial charge in [-0.2, -0.15) is 0 Å². The molecule has 6 nitrogen and oxygen atoms in total. The van der Waals surface area contributed by atoms with Crippen LogP contribution in [0.5, 0.6) is 0 Å². The van der Waals surface area contributed by atoms with Crippen molar-refractivity contribution in [3.63, 3.8) is 0 Å². The van der Waals surface area contributed by atoms with Crippen molar-refractivity contribution in [1.29, 1.82) is 0 Å². The fourth-order valence-corrected chi connectivity index (χ4v) is 4.44. The zero-order valence-electron chi connectivity index (χ0n) is 17.2. The van der Waals surface area contributed by atoms with E-state index < -0.39 is 0 Å². The van der Waals surface area contributed by atoms with E-state index in [0.717, 1.165) is 5.52 Å². The number of aryl methyl sites for hydroxylation is 1. The second-order valence-corrected chi connectivity index (χ2v) is 8.89. The smallest absolute Gasteiger partial charge is 0.265 e. The maximum absolute atomic E-state index is 13.6. The molecule has 0 aliphatic carbocycles. The molecular formula is C23H19Cl2N5O. The number of hydrogen-bond acceptors (Lipinski definition) is 4. The zero-order chi connectivity index (χ0) is 21.9. The average molecular weight is 452 g/mol. The second kappa shape index (κ2) is 7.32. The number of nitrogens with zero attached hydrogens (tertiary/aromatic N) is 5. The standard InChI is InChI=1S/C23H19Cl2N5O/c1-12(2)11-29-13(3)26-21-19(23(29)31)20-22(28-18-7-5-4-6-17(18)27-20)30(21)16-9-14(24)8-15(25)10-16/h4-10,12H,11H2,1-3H3. The molecule has 0 bridgehead atoms. The van der Waals surface area contributed by atoms with E-state index in [-0.39, 0.29) is 5.56 Å². The van der Waals surface area contributed by atoms with E-state index in [2.05, 4.69) is 13.8 Å². The quantitative estimate of drug-likeness (QED) is 0.360. The first-order valence-electron chi connectivity index (χ1n) is 9.98. The topological polar surface area (TPSA) is 65.6 Å². The number of aromatic nitrogens is 5. The minimum atomic E-state index is -0.127. The van der Waals surface area contributed by atoms with Crippen LogP contribution in [0.3, 0.4) is 0 Å². The molecule has 0 radical (unpaired) electrons. The van der Waals surface area contributed by atoms with E-state index in [1.807, 2.05) is 35.8 Å². The van der Waals surface area contributed by atoms with Crippen LogP contribution in [-0.2, 0) is 6.54 Å². The van der Waals surface area contributed by atoms with E-state index in [9.17, 15) is 4.79 Å². The van der Waals surface area contributed by atoms with Crippen LogP contribution in [-0.4, -0.2) is 24.1 Å². The summed E-state index contributed by atoms with van der Waals surface area (Å²) in [5, 5.41) is 1.41. The highest BCUT2D eigenvalue weighted by Crippen LogP contribution is 2.31. The molecule has 3 heterocycles. The van der Waals surface area contributed by atoms with Gasteiger partial charge in [-0.25, -0.2) is 15.0 Å². The summed E-state index contributed by atoms with van der Waals surface area (Å²) in [6.07, 6.45) is 0. The number of halogens is 2. The molecule has 156 valence electrons. The van der Waals surface area contributed by atoms with Crippen molar-refractivity contribution in [2.75, 3.05) is 0 Å². The van der Waals surface area contributed by atoms with Gasteiger partial charge in [0.15, 0.2) is 11.3 Å². The summed E-state index contributed by atoms with van der Waals surface area (Å²) in [6, 6.07) is 12.8. The molecule has 0 atom stereocenters. The van der Waals surface area contributed by atoms with Crippen LogP contribution < -0.4 is 5.56 Å². The van der Waals surface area contributed by atoms with Crippen molar-refractivity contribution >= 4 is 56.4 Å². The van der Waals surface area contributed by atoms with Crippen molar-refractivity contribution in [3.05, 3.63) is 68.7 Å². The molecule has 8 heteroatoms. The van der Waals surface area contributed by atoms with Crippen LogP contribution in [0, 0.1) is 12.8 Å². The van der Waals surface area contributed by atoms with Crippen LogP contribution in [0.4, 0.5) is 0 Å². The lowest BCUT2D eigenvalue weighted by molar-refractivity contribution is 0.498. The van der Waals surface area contributed by atoms with Gasteiger partial charge in [0.05, 0.1) is 16.7 Å². The molecule has 0 aliphatic heterocycles. The Labute approximate surface area is 188 Å². The molecule has 0 saturated carbocycles. The molecule has 0 spiro atoms. The fraction of sp³-hybridized carbons (Fsp3) is 0.217. The first kappa shape index (κ1) is 20.0. The highest BCUT2D eigenvalue weighted by molar-refractivity contribution is 6.35. The second-order valence-electron chi connectivity index (χ2n) is 8.01. The number of para-hydroxylation sites is 2. The molecule has 0 saturated heterocycles. The summed E-state index contributed by atoms with van der Waals surface area (Å²) in [7, 11) is 0. The molecule has 0 aliphatic rings. The van der Waals surface area contributed by atoms with E-state index in [4.69, 9.17) is 38.2 Å². The van der Waals surface area contributed by atoms with Gasteiger partial charge < -0.3 is 0 Å². The summed E-state index contributed by atoms with van der Waals surface area (Å²) < 4.78 is 3.52. The normalized spacial score (nSPS) is 11.9. The molecule has 0 amide bonds. The minimum absolute atomic E-state index is 0.127.